The van der Waals surface area contributed by atoms with Crippen molar-refractivity contribution in [3.8, 4) is 0 Å². The van der Waals surface area contributed by atoms with E-state index in [0.717, 1.165) is 90.2 Å². The van der Waals surface area contributed by atoms with Gasteiger partial charge in [0.2, 0.25) is 0 Å². The molecule has 27 heavy (non-hydrogen) atoms. The summed E-state index contributed by atoms with van der Waals surface area (Å²) in [5.74, 6) is 1.90. The lowest BCUT2D eigenvalue weighted by Crippen LogP contribution is -2.47. The van der Waals surface area contributed by atoms with E-state index in [1.54, 1.807) is 0 Å². The Hall–Kier alpha value is -0.850. The number of likely N-dealkylation sites (tertiary alicyclic amines) is 1. The fourth-order valence-electron chi connectivity index (χ4n) is 3.73. The predicted octanol–water partition coefficient (Wildman–Crippen LogP) is 2.82. The highest BCUT2D eigenvalue weighted by Gasteiger charge is 2.24. The van der Waals surface area contributed by atoms with Crippen LogP contribution in [0, 0.1) is 5.92 Å². The Labute approximate surface area is 165 Å². The summed E-state index contributed by atoms with van der Waals surface area (Å²) in [5, 5.41) is 3.44. The van der Waals surface area contributed by atoms with Gasteiger partial charge in [-0.1, -0.05) is 0 Å². The normalized spacial score (nSPS) is 25.0. The molecule has 0 aromatic carbocycles. The minimum atomic E-state index is 0.317. The van der Waals surface area contributed by atoms with E-state index in [1.807, 2.05) is 0 Å². The molecule has 0 amide bonds. The Balaban J connectivity index is 1.31. The second-order valence-corrected chi connectivity index (χ2v) is 8.12. The van der Waals surface area contributed by atoms with Gasteiger partial charge in [0.1, 0.15) is 0 Å². The van der Waals surface area contributed by atoms with Crippen LogP contribution in [0.3, 0.4) is 0 Å². The van der Waals surface area contributed by atoms with E-state index < -0.39 is 0 Å². The average Bonchev–Trinajstić information content (AvgIpc) is 3.54. The van der Waals surface area contributed by atoms with Crippen LogP contribution in [0.1, 0.15) is 58.3 Å². The Morgan fingerprint density at radius 1 is 1.11 bits per heavy atom. The molecule has 1 atom stereocenters. The van der Waals surface area contributed by atoms with Gasteiger partial charge in [0.25, 0.3) is 0 Å². The fourth-order valence-corrected chi connectivity index (χ4v) is 3.73. The van der Waals surface area contributed by atoms with Crippen LogP contribution in [0.15, 0.2) is 4.99 Å². The van der Waals surface area contributed by atoms with E-state index in [-0.39, 0.29) is 0 Å². The SMILES string of the molecule is CCNC(=NCCCOCC1CC1)N1CCC(OCC2CCCCO2)CC1. The third-order valence-electron chi connectivity index (χ3n) is 5.63. The van der Waals surface area contributed by atoms with Crippen molar-refractivity contribution in [3.05, 3.63) is 0 Å². The van der Waals surface area contributed by atoms with E-state index >= 15 is 0 Å². The number of rotatable bonds is 10. The quantitative estimate of drug-likeness (QED) is 0.358. The molecule has 1 aliphatic carbocycles. The van der Waals surface area contributed by atoms with Crippen LogP contribution in [0.25, 0.3) is 0 Å². The van der Waals surface area contributed by atoms with Crippen molar-refractivity contribution in [3.63, 3.8) is 0 Å². The van der Waals surface area contributed by atoms with E-state index in [9.17, 15) is 0 Å². The van der Waals surface area contributed by atoms with Crippen LogP contribution >= 0.6 is 0 Å². The Kier molecular flexibility index (Phi) is 9.18. The van der Waals surface area contributed by atoms with Crippen LogP contribution in [0.5, 0.6) is 0 Å². The summed E-state index contributed by atoms with van der Waals surface area (Å²) in [7, 11) is 0. The maximum absolute atomic E-state index is 6.13. The number of ether oxygens (including phenoxy) is 3. The monoisotopic (exact) mass is 381 g/mol. The van der Waals surface area contributed by atoms with Gasteiger partial charge in [0.15, 0.2) is 5.96 Å². The van der Waals surface area contributed by atoms with E-state index in [2.05, 4.69) is 17.1 Å². The summed E-state index contributed by atoms with van der Waals surface area (Å²) in [6.07, 6.45) is 10.2. The predicted molar refractivity (Wildman–Crippen MR) is 108 cm³/mol. The highest BCUT2D eigenvalue weighted by Crippen LogP contribution is 2.28. The zero-order valence-corrected chi connectivity index (χ0v) is 17.2. The second kappa shape index (κ2) is 11.9. The number of guanidine groups is 1. The first-order chi connectivity index (χ1) is 13.3. The zero-order valence-electron chi connectivity index (χ0n) is 17.2. The smallest absolute Gasteiger partial charge is 0.193 e. The number of aliphatic imine (C=N–C) groups is 1. The van der Waals surface area contributed by atoms with Crippen LogP contribution in [-0.2, 0) is 14.2 Å². The van der Waals surface area contributed by atoms with E-state index in [0.29, 0.717) is 12.2 Å². The summed E-state index contributed by atoms with van der Waals surface area (Å²) >= 11 is 0. The zero-order chi connectivity index (χ0) is 18.7. The molecule has 3 rings (SSSR count). The van der Waals surface area contributed by atoms with Crippen molar-refractivity contribution < 1.29 is 14.2 Å². The number of nitrogens with one attached hydrogen (secondary N) is 1. The topological polar surface area (TPSA) is 55.3 Å². The summed E-state index contributed by atoms with van der Waals surface area (Å²) < 4.78 is 17.6. The molecule has 1 N–H and O–H groups in total. The molecule has 1 saturated carbocycles. The van der Waals surface area contributed by atoms with Gasteiger partial charge in [-0.2, -0.15) is 0 Å². The summed E-state index contributed by atoms with van der Waals surface area (Å²) in [6, 6.07) is 0. The van der Waals surface area contributed by atoms with Gasteiger partial charge in [0.05, 0.1) is 18.8 Å². The summed E-state index contributed by atoms with van der Waals surface area (Å²) in [4.78, 5) is 7.19. The molecule has 0 radical (unpaired) electrons. The Morgan fingerprint density at radius 2 is 1.96 bits per heavy atom. The lowest BCUT2D eigenvalue weighted by Gasteiger charge is -2.35. The lowest BCUT2D eigenvalue weighted by molar-refractivity contribution is -0.0721. The molecule has 3 aliphatic rings. The van der Waals surface area contributed by atoms with Gasteiger partial charge in [-0.05, 0) is 64.2 Å². The van der Waals surface area contributed by atoms with Gasteiger partial charge in [-0.3, -0.25) is 4.99 Å². The molecule has 1 unspecified atom stereocenters. The molecular weight excluding hydrogens is 342 g/mol. The third-order valence-corrected chi connectivity index (χ3v) is 5.63. The molecule has 0 spiro atoms. The van der Waals surface area contributed by atoms with Crippen molar-refractivity contribution >= 4 is 5.96 Å². The highest BCUT2D eigenvalue weighted by molar-refractivity contribution is 5.80. The van der Waals surface area contributed by atoms with Crippen molar-refractivity contribution in [2.24, 2.45) is 10.9 Å². The molecule has 2 saturated heterocycles. The molecule has 0 aromatic heterocycles. The molecule has 0 bridgehead atoms. The van der Waals surface area contributed by atoms with Crippen molar-refractivity contribution in [2.45, 2.75) is 70.5 Å². The molecule has 6 heteroatoms. The van der Waals surface area contributed by atoms with E-state index in [1.165, 1.54) is 25.7 Å². The average molecular weight is 382 g/mol. The van der Waals surface area contributed by atoms with Crippen molar-refractivity contribution in [1.29, 1.82) is 0 Å². The first-order valence-electron chi connectivity index (χ1n) is 11.2. The maximum atomic E-state index is 6.13. The minimum Gasteiger partial charge on any atom is -0.381 e. The van der Waals surface area contributed by atoms with Gasteiger partial charge in [0, 0.05) is 46.0 Å². The van der Waals surface area contributed by atoms with Gasteiger partial charge in [-0.15, -0.1) is 0 Å². The maximum Gasteiger partial charge on any atom is 0.193 e. The number of hydrogen-bond donors (Lipinski definition) is 1. The largest absolute Gasteiger partial charge is 0.381 e. The van der Waals surface area contributed by atoms with Gasteiger partial charge >= 0.3 is 0 Å². The molecule has 0 aromatic rings. The summed E-state index contributed by atoms with van der Waals surface area (Å²) in [5.41, 5.74) is 0. The highest BCUT2D eigenvalue weighted by atomic mass is 16.5. The van der Waals surface area contributed by atoms with Crippen LogP contribution in [0.4, 0.5) is 0 Å². The van der Waals surface area contributed by atoms with Crippen molar-refractivity contribution in [2.75, 3.05) is 52.6 Å². The molecule has 156 valence electrons. The Bertz CT molecular complexity index is 428. The van der Waals surface area contributed by atoms with Crippen LogP contribution < -0.4 is 5.32 Å². The van der Waals surface area contributed by atoms with Gasteiger partial charge in [-0.25, -0.2) is 0 Å². The molecule has 6 nitrogen and oxygen atoms in total. The molecule has 2 heterocycles. The van der Waals surface area contributed by atoms with Gasteiger partial charge < -0.3 is 24.4 Å². The number of piperidine rings is 1. The Morgan fingerprint density at radius 3 is 2.67 bits per heavy atom. The fraction of sp³-hybridized carbons (Fsp3) is 0.952. The minimum absolute atomic E-state index is 0.317. The summed E-state index contributed by atoms with van der Waals surface area (Å²) in [6.45, 7) is 9.35. The van der Waals surface area contributed by atoms with Crippen molar-refractivity contribution in [1.82, 2.24) is 10.2 Å². The lowest BCUT2D eigenvalue weighted by atomic mass is 10.1. The first-order valence-corrected chi connectivity index (χ1v) is 11.2. The molecular formula is C21H39N3O3. The third kappa shape index (κ3) is 7.96. The standard InChI is InChI=1S/C21H39N3O3/c1-2-22-21(23-11-5-14-25-16-18-7-8-18)24-12-9-19(10-13-24)27-17-20-6-3-4-15-26-20/h18-20H,2-17H2,1H3,(H,22,23). The van der Waals surface area contributed by atoms with Crippen LogP contribution in [-0.4, -0.2) is 75.7 Å². The second-order valence-electron chi connectivity index (χ2n) is 8.12. The van der Waals surface area contributed by atoms with E-state index in [4.69, 9.17) is 19.2 Å². The molecule has 2 aliphatic heterocycles. The first kappa shape index (κ1) is 20.9. The molecule has 3 fully saturated rings. The van der Waals surface area contributed by atoms with Crippen LogP contribution in [0.2, 0.25) is 0 Å². The number of hydrogen-bond acceptors (Lipinski definition) is 4. The number of nitrogens with zero attached hydrogens (tertiary/aromatic N) is 2.